The molecule has 0 unspecified atom stereocenters. The summed E-state index contributed by atoms with van der Waals surface area (Å²) >= 11 is 12.4. The number of anilines is 1. The van der Waals surface area contributed by atoms with Crippen molar-refractivity contribution in [2.45, 2.75) is 29.6 Å². The van der Waals surface area contributed by atoms with Gasteiger partial charge in [-0.1, -0.05) is 54.7 Å². The summed E-state index contributed by atoms with van der Waals surface area (Å²) in [4.78, 5) is 11.7. The molecule has 0 saturated carbocycles. The summed E-state index contributed by atoms with van der Waals surface area (Å²) in [5.74, 6) is -0.197. The van der Waals surface area contributed by atoms with Crippen LogP contribution in [0.1, 0.15) is 19.8 Å². The first kappa shape index (κ1) is 20.6. The van der Waals surface area contributed by atoms with Crippen molar-refractivity contribution < 1.29 is 13.2 Å². The van der Waals surface area contributed by atoms with Gasteiger partial charge < -0.3 is 10.6 Å². The lowest BCUT2D eigenvalue weighted by Crippen LogP contribution is -2.30. The van der Waals surface area contributed by atoms with E-state index in [2.05, 4.69) is 10.6 Å². The van der Waals surface area contributed by atoms with Crippen LogP contribution in [-0.4, -0.2) is 27.4 Å². The second-order valence-corrected chi connectivity index (χ2v) is 8.28. The average Bonchev–Trinajstić information content (AvgIpc) is 2.62. The minimum absolute atomic E-state index is 0.0180. The fourth-order valence-corrected chi connectivity index (χ4v) is 4.74. The third-order valence-electron chi connectivity index (χ3n) is 3.66. The predicted molar refractivity (Wildman–Crippen MR) is 105 cm³/mol. The number of hydrogen-bond donors (Lipinski definition) is 2. The molecule has 0 aliphatic rings. The summed E-state index contributed by atoms with van der Waals surface area (Å²) in [6, 6.07) is 10.9. The summed E-state index contributed by atoms with van der Waals surface area (Å²) in [7, 11) is -3.88. The van der Waals surface area contributed by atoms with Crippen molar-refractivity contribution in [3.63, 3.8) is 0 Å². The van der Waals surface area contributed by atoms with Gasteiger partial charge in [0.1, 0.15) is 4.90 Å². The summed E-state index contributed by atoms with van der Waals surface area (Å²) in [6.07, 6.45) is 1.88. The Balaban J connectivity index is 2.25. The molecule has 0 saturated heterocycles. The molecule has 0 heterocycles. The minimum atomic E-state index is -3.88. The Morgan fingerprint density at radius 2 is 1.77 bits per heavy atom. The van der Waals surface area contributed by atoms with Gasteiger partial charge in [-0.05, 0) is 30.7 Å². The van der Waals surface area contributed by atoms with Crippen molar-refractivity contribution in [2.24, 2.45) is 0 Å². The lowest BCUT2D eigenvalue weighted by Gasteiger charge is -2.14. The van der Waals surface area contributed by atoms with Gasteiger partial charge in [0.2, 0.25) is 15.7 Å². The van der Waals surface area contributed by atoms with E-state index < -0.39 is 9.84 Å². The van der Waals surface area contributed by atoms with Crippen molar-refractivity contribution in [1.29, 1.82) is 0 Å². The first-order valence-electron chi connectivity index (χ1n) is 8.16. The number of amides is 1. The van der Waals surface area contributed by atoms with Crippen molar-refractivity contribution in [3.8, 4) is 0 Å². The Labute approximate surface area is 163 Å². The number of rotatable bonds is 8. The van der Waals surface area contributed by atoms with E-state index in [1.807, 2.05) is 6.92 Å². The van der Waals surface area contributed by atoms with Crippen LogP contribution >= 0.6 is 23.2 Å². The zero-order valence-electron chi connectivity index (χ0n) is 14.3. The van der Waals surface area contributed by atoms with Gasteiger partial charge >= 0.3 is 0 Å². The van der Waals surface area contributed by atoms with Crippen molar-refractivity contribution in [2.75, 3.05) is 18.4 Å². The third-order valence-corrected chi connectivity index (χ3v) is 6.45. The van der Waals surface area contributed by atoms with Crippen LogP contribution in [0.15, 0.2) is 52.3 Å². The summed E-state index contributed by atoms with van der Waals surface area (Å²) in [5.41, 5.74) is 0.330. The molecule has 0 bridgehead atoms. The second-order valence-electron chi connectivity index (χ2n) is 5.61. The number of carbonyl (C=O) groups is 1. The molecule has 5 nitrogen and oxygen atoms in total. The van der Waals surface area contributed by atoms with Crippen LogP contribution in [-0.2, 0) is 14.6 Å². The molecule has 8 heteroatoms. The molecule has 2 rings (SSSR count). The highest BCUT2D eigenvalue weighted by atomic mass is 35.5. The predicted octanol–water partition coefficient (Wildman–Crippen LogP) is 4.15. The Morgan fingerprint density at radius 3 is 2.42 bits per heavy atom. The fraction of sp³-hybridized carbons (Fsp3) is 0.278. The molecule has 0 radical (unpaired) electrons. The monoisotopic (exact) mass is 414 g/mol. The van der Waals surface area contributed by atoms with Gasteiger partial charge in [0, 0.05) is 6.54 Å². The maximum absolute atomic E-state index is 12.9. The van der Waals surface area contributed by atoms with Gasteiger partial charge in [-0.2, -0.15) is 0 Å². The first-order chi connectivity index (χ1) is 12.4. The van der Waals surface area contributed by atoms with Crippen LogP contribution in [0.25, 0.3) is 0 Å². The van der Waals surface area contributed by atoms with Crippen LogP contribution in [0.3, 0.4) is 0 Å². The molecule has 2 aromatic rings. The fourth-order valence-electron chi connectivity index (χ4n) is 2.28. The summed E-state index contributed by atoms with van der Waals surface area (Å²) < 4.78 is 25.7. The Bertz CT molecular complexity index is 872. The summed E-state index contributed by atoms with van der Waals surface area (Å²) in [5, 5.41) is 5.62. The van der Waals surface area contributed by atoms with Crippen LogP contribution in [0, 0.1) is 0 Å². The van der Waals surface area contributed by atoms with Gasteiger partial charge in [-0.15, -0.1) is 0 Å². The number of halogens is 2. The number of benzene rings is 2. The summed E-state index contributed by atoms with van der Waals surface area (Å²) in [6.45, 7) is 2.61. The van der Waals surface area contributed by atoms with E-state index in [1.165, 1.54) is 18.2 Å². The largest absolute Gasteiger partial charge is 0.375 e. The van der Waals surface area contributed by atoms with E-state index in [0.29, 0.717) is 12.2 Å². The van der Waals surface area contributed by atoms with E-state index in [4.69, 9.17) is 23.2 Å². The average molecular weight is 415 g/mol. The molecule has 0 aromatic heterocycles. The number of nitrogens with one attached hydrogen (secondary N) is 2. The second kappa shape index (κ2) is 9.26. The molecule has 140 valence electrons. The van der Waals surface area contributed by atoms with E-state index in [0.717, 1.165) is 12.8 Å². The van der Waals surface area contributed by atoms with E-state index in [1.54, 1.807) is 24.3 Å². The Morgan fingerprint density at radius 1 is 1.08 bits per heavy atom. The van der Waals surface area contributed by atoms with Gasteiger partial charge in [-0.25, -0.2) is 8.42 Å². The van der Waals surface area contributed by atoms with Crippen LogP contribution in [0.5, 0.6) is 0 Å². The molecule has 1 amide bonds. The molecule has 2 N–H and O–H groups in total. The maximum atomic E-state index is 12.9. The zero-order chi connectivity index (χ0) is 19.2. The molecular formula is C18H20Cl2N2O3S. The van der Waals surface area contributed by atoms with Gasteiger partial charge in [0.25, 0.3) is 0 Å². The first-order valence-corrected chi connectivity index (χ1v) is 10.4. The van der Waals surface area contributed by atoms with Crippen LogP contribution < -0.4 is 10.6 Å². The SMILES string of the molecule is CCCCNC(=O)CNc1ccc(Cl)c(S(=O)(=O)c2ccccc2)c1Cl. The lowest BCUT2D eigenvalue weighted by atomic mass is 10.3. The standard InChI is InChI=1S/C18H20Cl2N2O3S/c1-2-3-11-21-16(23)12-22-15-10-9-14(19)18(17(15)20)26(24,25)13-7-5-4-6-8-13/h4-10,22H,2-3,11-12H2,1H3,(H,21,23). The lowest BCUT2D eigenvalue weighted by molar-refractivity contribution is -0.119. The molecule has 0 atom stereocenters. The normalized spacial score (nSPS) is 11.2. The molecule has 0 fully saturated rings. The molecule has 26 heavy (non-hydrogen) atoms. The number of unbranched alkanes of at least 4 members (excludes halogenated alkanes) is 1. The van der Waals surface area contributed by atoms with Crippen LogP contribution in [0.2, 0.25) is 10.0 Å². The maximum Gasteiger partial charge on any atom is 0.239 e. The highest BCUT2D eigenvalue weighted by Crippen LogP contribution is 2.38. The minimum Gasteiger partial charge on any atom is -0.375 e. The van der Waals surface area contributed by atoms with Crippen LogP contribution in [0.4, 0.5) is 5.69 Å². The van der Waals surface area contributed by atoms with Crippen molar-refractivity contribution >= 4 is 44.6 Å². The van der Waals surface area contributed by atoms with E-state index >= 15 is 0 Å². The Hall–Kier alpha value is -1.76. The smallest absolute Gasteiger partial charge is 0.239 e. The molecule has 0 spiro atoms. The van der Waals surface area contributed by atoms with Crippen molar-refractivity contribution in [3.05, 3.63) is 52.5 Å². The number of hydrogen-bond acceptors (Lipinski definition) is 4. The quantitative estimate of drug-likeness (QED) is 0.635. The molecule has 0 aliphatic carbocycles. The Kier molecular flexibility index (Phi) is 7.32. The van der Waals surface area contributed by atoms with Crippen molar-refractivity contribution in [1.82, 2.24) is 5.32 Å². The van der Waals surface area contributed by atoms with Gasteiger partial charge in [0.15, 0.2) is 0 Å². The highest BCUT2D eigenvalue weighted by molar-refractivity contribution is 7.91. The van der Waals surface area contributed by atoms with Gasteiger partial charge in [0.05, 0.1) is 27.2 Å². The third kappa shape index (κ3) is 4.90. The molecule has 0 aliphatic heterocycles. The molecular weight excluding hydrogens is 395 g/mol. The molecule has 2 aromatic carbocycles. The zero-order valence-corrected chi connectivity index (χ0v) is 16.6. The van der Waals surface area contributed by atoms with Gasteiger partial charge in [-0.3, -0.25) is 4.79 Å². The topological polar surface area (TPSA) is 75.3 Å². The number of sulfone groups is 1. The van der Waals surface area contributed by atoms with E-state index in [-0.39, 0.29) is 32.3 Å². The highest BCUT2D eigenvalue weighted by Gasteiger charge is 2.25. The van der Waals surface area contributed by atoms with E-state index in [9.17, 15) is 13.2 Å². The number of carbonyl (C=O) groups excluding carboxylic acids is 1.